The number of aryl methyl sites for hydroxylation is 1. The predicted molar refractivity (Wildman–Crippen MR) is 155 cm³/mol. The Bertz CT molecular complexity index is 1410. The Morgan fingerprint density at radius 2 is 1.57 bits per heavy atom. The SMILES string of the molecule is Cc1ccc(N(CC(=O)N(Cc2ccccc2F)C(Cc2ccccc2)C(=O)NC2CCCC2)S(C)(=O)=O)cc1. The normalized spacial score (nSPS) is 14.5. The lowest BCUT2D eigenvalue weighted by molar-refractivity contribution is -0.140. The van der Waals surface area contributed by atoms with Crippen LogP contribution in [0.3, 0.4) is 0 Å². The largest absolute Gasteiger partial charge is 0.352 e. The van der Waals surface area contributed by atoms with E-state index < -0.39 is 34.3 Å². The second kappa shape index (κ2) is 13.1. The summed E-state index contributed by atoms with van der Waals surface area (Å²) < 4.78 is 41.5. The van der Waals surface area contributed by atoms with Gasteiger partial charge < -0.3 is 10.2 Å². The van der Waals surface area contributed by atoms with E-state index in [1.807, 2.05) is 37.3 Å². The highest BCUT2D eigenvalue weighted by atomic mass is 32.2. The van der Waals surface area contributed by atoms with Crippen molar-refractivity contribution in [3.8, 4) is 0 Å². The first kappa shape index (κ1) is 29.3. The zero-order valence-electron chi connectivity index (χ0n) is 22.9. The average Bonchev–Trinajstić information content (AvgIpc) is 3.44. The van der Waals surface area contributed by atoms with Crippen LogP contribution in [0.2, 0.25) is 0 Å². The molecule has 0 bridgehead atoms. The summed E-state index contributed by atoms with van der Waals surface area (Å²) in [6, 6.07) is 21.3. The molecule has 1 saturated carbocycles. The van der Waals surface area contributed by atoms with Gasteiger partial charge in [0.2, 0.25) is 21.8 Å². The first-order chi connectivity index (χ1) is 19.1. The lowest BCUT2D eigenvalue weighted by Crippen LogP contribution is -2.54. The van der Waals surface area contributed by atoms with Crippen molar-refractivity contribution in [2.75, 3.05) is 17.1 Å². The van der Waals surface area contributed by atoms with Crippen LogP contribution in [-0.2, 0) is 32.6 Å². The smallest absolute Gasteiger partial charge is 0.244 e. The fourth-order valence-electron chi connectivity index (χ4n) is 5.06. The first-order valence-corrected chi connectivity index (χ1v) is 15.4. The maximum atomic E-state index is 14.8. The van der Waals surface area contributed by atoms with Gasteiger partial charge in [0.1, 0.15) is 18.4 Å². The lowest BCUT2D eigenvalue weighted by Gasteiger charge is -2.34. The Morgan fingerprint density at radius 3 is 2.20 bits per heavy atom. The monoisotopic (exact) mass is 565 g/mol. The molecule has 9 heteroatoms. The standard InChI is InChI=1S/C31H36FN3O4S/c1-23-16-18-27(19-17-23)35(40(2,38)39)22-30(36)34(21-25-12-6-9-15-28(25)32)29(20-24-10-4-3-5-11-24)31(37)33-26-13-7-8-14-26/h3-6,9-12,15-19,26,29H,7-8,13-14,20-22H2,1-2H3,(H,33,37). The van der Waals surface area contributed by atoms with Gasteiger partial charge in [0.25, 0.3) is 0 Å². The fourth-order valence-corrected chi connectivity index (χ4v) is 5.91. The van der Waals surface area contributed by atoms with E-state index in [-0.39, 0.29) is 30.5 Å². The summed E-state index contributed by atoms with van der Waals surface area (Å²) in [6.07, 6.45) is 5.00. The maximum absolute atomic E-state index is 14.8. The van der Waals surface area contributed by atoms with Gasteiger partial charge in [-0.2, -0.15) is 0 Å². The molecule has 1 unspecified atom stereocenters. The maximum Gasteiger partial charge on any atom is 0.244 e. The number of carbonyl (C=O) groups excluding carboxylic acids is 2. The Balaban J connectivity index is 1.72. The summed E-state index contributed by atoms with van der Waals surface area (Å²) in [5, 5.41) is 3.10. The molecule has 3 aromatic carbocycles. The molecule has 40 heavy (non-hydrogen) atoms. The van der Waals surface area contributed by atoms with Crippen molar-refractivity contribution in [2.24, 2.45) is 0 Å². The van der Waals surface area contributed by atoms with Gasteiger partial charge in [-0.05, 0) is 43.5 Å². The summed E-state index contributed by atoms with van der Waals surface area (Å²) >= 11 is 0. The third-order valence-electron chi connectivity index (χ3n) is 7.27. The highest BCUT2D eigenvalue weighted by Gasteiger charge is 2.34. The number of hydrogen-bond donors (Lipinski definition) is 1. The predicted octanol–water partition coefficient (Wildman–Crippen LogP) is 4.60. The van der Waals surface area contributed by atoms with Crippen LogP contribution in [-0.4, -0.2) is 50.0 Å². The van der Waals surface area contributed by atoms with E-state index in [0.29, 0.717) is 5.69 Å². The van der Waals surface area contributed by atoms with Crippen LogP contribution in [0.25, 0.3) is 0 Å². The van der Waals surface area contributed by atoms with E-state index in [1.54, 1.807) is 42.5 Å². The number of halogens is 1. The first-order valence-electron chi connectivity index (χ1n) is 13.5. The molecule has 0 radical (unpaired) electrons. The summed E-state index contributed by atoms with van der Waals surface area (Å²) in [5.41, 5.74) is 2.35. The zero-order chi connectivity index (χ0) is 28.7. The Kier molecular flexibility index (Phi) is 9.58. The third kappa shape index (κ3) is 7.69. The van der Waals surface area contributed by atoms with Gasteiger partial charge in [0, 0.05) is 24.6 Å². The molecular formula is C31H36FN3O4S. The van der Waals surface area contributed by atoms with Crippen molar-refractivity contribution in [2.45, 2.75) is 57.7 Å². The molecule has 1 aliphatic carbocycles. The van der Waals surface area contributed by atoms with Crippen molar-refractivity contribution in [1.29, 1.82) is 0 Å². The number of nitrogens with one attached hydrogen (secondary N) is 1. The summed E-state index contributed by atoms with van der Waals surface area (Å²) in [6.45, 7) is 1.16. The molecule has 3 aromatic rings. The zero-order valence-corrected chi connectivity index (χ0v) is 23.7. The molecule has 1 aliphatic rings. The Morgan fingerprint density at radius 1 is 0.950 bits per heavy atom. The molecule has 0 aromatic heterocycles. The minimum Gasteiger partial charge on any atom is -0.352 e. The number of hydrogen-bond acceptors (Lipinski definition) is 4. The molecular weight excluding hydrogens is 529 g/mol. The van der Waals surface area contributed by atoms with Crippen LogP contribution < -0.4 is 9.62 Å². The van der Waals surface area contributed by atoms with Crippen LogP contribution >= 0.6 is 0 Å². The highest BCUT2D eigenvalue weighted by Crippen LogP contribution is 2.23. The van der Waals surface area contributed by atoms with Gasteiger partial charge in [-0.3, -0.25) is 13.9 Å². The van der Waals surface area contributed by atoms with E-state index in [9.17, 15) is 22.4 Å². The second-order valence-corrected chi connectivity index (χ2v) is 12.3. The number of benzene rings is 3. The van der Waals surface area contributed by atoms with Crippen molar-refractivity contribution in [3.63, 3.8) is 0 Å². The van der Waals surface area contributed by atoms with Crippen molar-refractivity contribution in [3.05, 3.63) is 101 Å². The van der Waals surface area contributed by atoms with E-state index in [0.717, 1.165) is 47.4 Å². The lowest BCUT2D eigenvalue weighted by atomic mass is 10.0. The fraction of sp³-hybridized carbons (Fsp3) is 0.355. The molecule has 0 spiro atoms. The summed E-state index contributed by atoms with van der Waals surface area (Å²) in [4.78, 5) is 29.2. The second-order valence-electron chi connectivity index (χ2n) is 10.4. The van der Waals surface area contributed by atoms with Crippen LogP contribution in [0.4, 0.5) is 10.1 Å². The van der Waals surface area contributed by atoms with Crippen molar-refractivity contribution in [1.82, 2.24) is 10.2 Å². The molecule has 212 valence electrons. The van der Waals surface area contributed by atoms with Crippen LogP contribution in [0.1, 0.15) is 42.4 Å². The van der Waals surface area contributed by atoms with Gasteiger partial charge in [0.05, 0.1) is 11.9 Å². The molecule has 1 fully saturated rings. The molecule has 7 nitrogen and oxygen atoms in total. The van der Waals surface area contributed by atoms with E-state index in [1.165, 1.54) is 11.0 Å². The van der Waals surface area contributed by atoms with E-state index in [2.05, 4.69) is 5.32 Å². The van der Waals surface area contributed by atoms with Gasteiger partial charge >= 0.3 is 0 Å². The molecule has 1 N–H and O–H groups in total. The Labute approximate surface area is 236 Å². The molecule has 1 atom stereocenters. The number of nitrogens with zero attached hydrogens (tertiary/aromatic N) is 2. The molecule has 0 heterocycles. The van der Waals surface area contributed by atoms with Crippen LogP contribution in [0, 0.1) is 12.7 Å². The summed E-state index contributed by atoms with van der Waals surface area (Å²) in [5.74, 6) is -1.44. The van der Waals surface area contributed by atoms with E-state index >= 15 is 0 Å². The van der Waals surface area contributed by atoms with Gasteiger partial charge in [-0.15, -0.1) is 0 Å². The number of sulfonamides is 1. The number of anilines is 1. The minimum absolute atomic E-state index is 0.0104. The topological polar surface area (TPSA) is 86.8 Å². The number of amides is 2. The molecule has 4 rings (SSSR count). The minimum atomic E-state index is -3.85. The van der Waals surface area contributed by atoms with Gasteiger partial charge in [-0.1, -0.05) is 79.1 Å². The van der Waals surface area contributed by atoms with Crippen LogP contribution in [0.15, 0.2) is 78.9 Å². The van der Waals surface area contributed by atoms with Gasteiger partial charge in [-0.25, -0.2) is 12.8 Å². The molecule has 2 amide bonds. The van der Waals surface area contributed by atoms with E-state index in [4.69, 9.17) is 0 Å². The summed E-state index contributed by atoms with van der Waals surface area (Å²) in [7, 11) is -3.85. The number of carbonyl (C=O) groups is 2. The third-order valence-corrected chi connectivity index (χ3v) is 8.41. The molecule has 0 aliphatic heterocycles. The van der Waals surface area contributed by atoms with Crippen molar-refractivity contribution >= 4 is 27.5 Å². The highest BCUT2D eigenvalue weighted by molar-refractivity contribution is 7.92. The Hall–Kier alpha value is -3.72. The van der Waals surface area contributed by atoms with Crippen LogP contribution in [0.5, 0.6) is 0 Å². The number of rotatable bonds is 11. The molecule has 0 saturated heterocycles. The quantitative estimate of drug-likeness (QED) is 0.368. The van der Waals surface area contributed by atoms with Gasteiger partial charge in [0.15, 0.2) is 0 Å². The average molecular weight is 566 g/mol. The van der Waals surface area contributed by atoms with Crippen molar-refractivity contribution < 1.29 is 22.4 Å².